The SMILES string of the molecule is NCC1CC1c1ncccc1C(F)(F)F. The second-order valence-corrected chi connectivity index (χ2v) is 3.77. The van der Waals surface area contributed by atoms with Crippen LogP contribution < -0.4 is 5.73 Å². The maximum absolute atomic E-state index is 12.6. The van der Waals surface area contributed by atoms with Crippen LogP contribution in [0.4, 0.5) is 13.2 Å². The van der Waals surface area contributed by atoms with Crippen LogP contribution in [-0.4, -0.2) is 11.5 Å². The minimum Gasteiger partial charge on any atom is -0.330 e. The van der Waals surface area contributed by atoms with Crippen LogP contribution in [0.25, 0.3) is 0 Å². The van der Waals surface area contributed by atoms with Crippen molar-refractivity contribution < 1.29 is 13.2 Å². The van der Waals surface area contributed by atoms with Crippen LogP contribution >= 0.6 is 0 Å². The Labute approximate surface area is 85.3 Å². The third-order valence-corrected chi connectivity index (χ3v) is 2.72. The molecule has 1 heterocycles. The quantitative estimate of drug-likeness (QED) is 0.822. The van der Waals surface area contributed by atoms with Gasteiger partial charge in [0.25, 0.3) is 0 Å². The van der Waals surface area contributed by atoms with Gasteiger partial charge in [-0.2, -0.15) is 13.2 Å². The predicted molar refractivity (Wildman–Crippen MR) is 49.1 cm³/mol. The van der Waals surface area contributed by atoms with Crippen LogP contribution in [0.2, 0.25) is 0 Å². The summed E-state index contributed by atoms with van der Waals surface area (Å²) in [7, 11) is 0. The Balaban J connectivity index is 2.32. The zero-order valence-corrected chi connectivity index (χ0v) is 7.96. The molecule has 0 radical (unpaired) electrons. The van der Waals surface area contributed by atoms with Crippen LogP contribution in [-0.2, 0) is 6.18 Å². The van der Waals surface area contributed by atoms with Gasteiger partial charge in [-0.05, 0) is 31.0 Å². The van der Waals surface area contributed by atoms with E-state index in [0.29, 0.717) is 6.54 Å². The lowest BCUT2D eigenvalue weighted by Crippen LogP contribution is -2.11. The molecule has 2 rings (SSSR count). The Morgan fingerprint density at radius 3 is 2.73 bits per heavy atom. The van der Waals surface area contributed by atoms with Crippen molar-refractivity contribution in [1.29, 1.82) is 0 Å². The number of hydrogen-bond acceptors (Lipinski definition) is 2. The van der Waals surface area contributed by atoms with Crippen LogP contribution in [0.5, 0.6) is 0 Å². The van der Waals surface area contributed by atoms with E-state index in [2.05, 4.69) is 4.98 Å². The van der Waals surface area contributed by atoms with E-state index in [1.54, 1.807) is 0 Å². The smallest absolute Gasteiger partial charge is 0.330 e. The maximum atomic E-state index is 12.6. The number of aromatic nitrogens is 1. The van der Waals surface area contributed by atoms with Crippen molar-refractivity contribution in [2.45, 2.75) is 18.5 Å². The number of nitrogens with zero attached hydrogens (tertiary/aromatic N) is 1. The average molecular weight is 216 g/mol. The third-order valence-electron chi connectivity index (χ3n) is 2.72. The van der Waals surface area contributed by atoms with E-state index >= 15 is 0 Å². The molecule has 1 aromatic heterocycles. The summed E-state index contributed by atoms with van der Waals surface area (Å²) in [6, 6.07) is 2.39. The summed E-state index contributed by atoms with van der Waals surface area (Å²) in [5, 5.41) is 0. The van der Waals surface area contributed by atoms with Gasteiger partial charge in [0.1, 0.15) is 0 Å². The fourth-order valence-electron chi connectivity index (χ4n) is 1.80. The summed E-state index contributed by atoms with van der Waals surface area (Å²) in [6.45, 7) is 0.429. The molecule has 2 N–H and O–H groups in total. The van der Waals surface area contributed by atoms with Gasteiger partial charge in [-0.1, -0.05) is 0 Å². The Morgan fingerprint density at radius 2 is 2.20 bits per heavy atom. The Hall–Kier alpha value is -1.10. The first kappa shape index (κ1) is 10.4. The second-order valence-electron chi connectivity index (χ2n) is 3.77. The van der Waals surface area contributed by atoms with Crippen molar-refractivity contribution >= 4 is 0 Å². The molecule has 0 amide bonds. The minimum atomic E-state index is -4.31. The number of hydrogen-bond donors (Lipinski definition) is 1. The monoisotopic (exact) mass is 216 g/mol. The Bertz CT molecular complexity index is 362. The normalized spacial score (nSPS) is 25.3. The maximum Gasteiger partial charge on any atom is 0.418 e. The number of rotatable bonds is 2. The molecular weight excluding hydrogens is 205 g/mol. The second kappa shape index (κ2) is 3.48. The molecule has 1 saturated carbocycles. The largest absolute Gasteiger partial charge is 0.418 e. The van der Waals surface area contributed by atoms with Crippen molar-refractivity contribution in [2.75, 3.05) is 6.54 Å². The van der Waals surface area contributed by atoms with E-state index in [1.807, 2.05) is 0 Å². The zero-order chi connectivity index (χ0) is 11.1. The van der Waals surface area contributed by atoms with Gasteiger partial charge in [0.05, 0.1) is 11.3 Å². The summed E-state index contributed by atoms with van der Waals surface area (Å²) < 4.78 is 37.8. The fraction of sp³-hybridized carbons (Fsp3) is 0.500. The molecule has 2 unspecified atom stereocenters. The van der Waals surface area contributed by atoms with E-state index in [1.165, 1.54) is 12.3 Å². The van der Waals surface area contributed by atoms with Gasteiger partial charge < -0.3 is 5.73 Å². The number of alkyl halides is 3. The van der Waals surface area contributed by atoms with Gasteiger partial charge in [-0.3, -0.25) is 4.98 Å². The lowest BCUT2D eigenvalue weighted by Gasteiger charge is -2.10. The van der Waals surface area contributed by atoms with E-state index in [4.69, 9.17) is 5.73 Å². The first-order chi connectivity index (χ1) is 7.04. The highest BCUT2D eigenvalue weighted by Crippen LogP contribution is 2.49. The highest BCUT2D eigenvalue weighted by molar-refractivity contribution is 5.30. The topological polar surface area (TPSA) is 38.9 Å². The molecule has 0 bridgehead atoms. The molecule has 1 aliphatic rings. The third kappa shape index (κ3) is 1.97. The van der Waals surface area contributed by atoms with Crippen molar-refractivity contribution in [1.82, 2.24) is 4.98 Å². The molecule has 1 aromatic rings. The standard InChI is InChI=1S/C10H11F3N2/c11-10(12,13)8-2-1-3-15-9(8)7-4-6(7)5-14/h1-3,6-7H,4-5,14H2. The Kier molecular flexibility index (Phi) is 2.42. The highest BCUT2D eigenvalue weighted by Gasteiger charge is 2.44. The molecule has 0 aromatic carbocycles. The first-order valence-electron chi connectivity index (χ1n) is 4.76. The number of halogens is 3. The molecule has 2 nitrogen and oxygen atoms in total. The molecule has 15 heavy (non-hydrogen) atoms. The van der Waals surface area contributed by atoms with Crippen LogP contribution in [0, 0.1) is 5.92 Å². The van der Waals surface area contributed by atoms with Crippen LogP contribution in [0.15, 0.2) is 18.3 Å². The van der Waals surface area contributed by atoms with E-state index in [0.717, 1.165) is 12.5 Å². The molecule has 0 spiro atoms. The van der Waals surface area contributed by atoms with Crippen molar-refractivity contribution in [3.05, 3.63) is 29.6 Å². The van der Waals surface area contributed by atoms with E-state index in [9.17, 15) is 13.2 Å². The van der Waals surface area contributed by atoms with Crippen molar-refractivity contribution in [3.63, 3.8) is 0 Å². The first-order valence-corrected chi connectivity index (χ1v) is 4.76. The van der Waals surface area contributed by atoms with Crippen molar-refractivity contribution in [3.8, 4) is 0 Å². The summed E-state index contributed by atoms with van der Waals surface area (Å²) in [5.74, 6) is 0.0637. The number of nitrogens with two attached hydrogens (primary N) is 1. The number of pyridine rings is 1. The predicted octanol–water partition coefficient (Wildman–Crippen LogP) is 2.16. The van der Waals surface area contributed by atoms with Gasteiger partial charge in [-0.25, -0.2) is 0 Å². The molecular formula is C10H11F3N2. The fourth-order valence-corrected chi connectivity index (χ4v) is 1.80. The minimum absolute atomic E-state index is 0.104. The van der Waals surface area contributed by atoms with Gasteiger partial charge in [0, 0.05) is 12.1 Å². The average Bonchev–Trinajstić information content (AvgIpc) is 2.95. The van der Waals surface area contributed by atoms with Gasteiger partial charge >= 0.3 is 6.18 Å². The zero-order valence-electron chi connectivity index (χ0n) is 7.96. The van der Waals surface area contributed by atoms with Gasteiger partial charge in [-0.15, -0.1) is 0 Å². The molecule has 0 saturated heterocycles. The lowest BCUT2D eigenvalue weighted by atomic mass is 10.1. The molecule has 1 aliphatic carbocycles. The molecule has 1 fully saturated rings. The molecule has 5 heteroatoms. The molecule has 0 aliphatic heterocycles. The molecule has 2 atom stereocenters. The summed E-state index contributed by atoms with van der Waals surface area (Å²) in [5.41, 5.74) is 4.95. The highest BCUT2D eigenvalue weighted by atomic mass is 19.4. The summed E-state index contributed by atoms with van der Waals surface area (Å²) in [4.78, 5) is 3.83. The van der Waals surface area contributed by atoms with Gasteiger partial charge in [0.2, 0.25) is 0 Å². The van der Waals surface area contributed by atoms with Crippen molar-refractivity contribution in [2.24, 2.45) is 11.7 Å². The Morgan fingerprint density at radius 1 is 1.47 bits per heavy atom. The van der Waals surface area contributed by atoms with E-state index in [-0.39, 0.29) is 17.5 Å². The lowest BCUT2D eigenvalue weighted by molar-refractivity contribution is -0.138. The molecule has 82 valence electrons. The van der Waals surface area contributed by atoms with Crippen LogP contribution in [0.1, 0.15) is 23.6 Å². The summed E-state index contributed by atoms with van der Waals surface area (Å²) >= 11 is 0. The van der Waals surface area contributed by atoms with E-state index < -0.39 is 11.7 Å². The van der Waals surface area contributed by atoms with Crippen LogP contribution in [0.3, 0.4) is 0 Å². The van der Waals surface area contributed by atoms with Gasteiger partial charge in [0.15, 0.2) is 0 Å². The summed E-state index contributed by atoms with van der Waals surface area (Å²) in [6.07, 6.45) is -2.20.